The molecule has 0 spiro atoms. The van der Waals surface area contributed by atoms with Gasteiger partial charge in [-0.2, -0.15) is 5.10 Å². The van der Waals surface area contributed by atoms with Gasteiger partial charge in [0.25, 0.3) is 0 Å². The van der Waals surface area contributed by atoms with Crippen LogP contribution in [0.3, 0.4) is 0 Å². The molecular formula is C21H17FN8O. The van der Waals surface area contributed by atoms with E-state index >= 15 is 4.39 Å². The molecule has 0 unspecified atom stereocenters. The molecule has 3 N–H and O–H groups in total. The van der Waals surface area contributed by atoms with Crippen LogP contribution < -0.4 is 5.32 Å². The van der Waals surface area contributed by atoms with Crippen molar-refractivity contribution in [1.29, 1.82) is 0 Å². The summed E-state index contributed by atoms with van der Waals surface area (Å²) >= 11 is 0. The molecule has 0 aliphatic heterocycles. The smallest absolute Gasteiger partial charge is 0.226 e. The van der Waals surface area contributed by atoms with Gasteiger partial charge in [0.15, 0.2) is 17.3 Å². The van der Waals surface area contributed by atoms with Gasteiger partial charge in [-0.25, -0.2) is 14.4 Å². The Bertz CT molecular complexity index is 1410. The van der Waals surface area contributed by atoms with Crippen LogP contribution in [0.1, 0.15) is 13.8 Å². The molecule has 0 aliphatic carbocycles. The Labute approximate surface area is 175 Å². The summed E-state index contributed by atoms with van der Waals surface area (Å²) < 4.78 is 15.6. The van der Waals surface area contributed by atoms with Crippen LogP contribution in [-0.4, -0.2) is 41.0 Å². The van der Waals surface area contributed by atoms with Crippen LogP contribution in [0, 0.1) is 11.7 Å². The number of hydrogen-bond acceptors (Lipinski definition) is 6. The van der Waals surface area contributed by atoms with E-state index in [1.807, 2.05) is 6.07 Å². The fraction of sp³-hybridized carbons (Fsp3) is 0.143. The first-order chi connectivity index (χ1) is 15.0. The zero-order valence-electron chi connectivity index (χ0n) is 16.6. The normalized spacial score (nSPS) is 11.5. The first-order valence-corrected chi connectivity index (χ1v) is 9.61. The molecule has 5 aromatic rings. The van der Waals surface area contributed by atoms with Gasteiger partial charge in [-0.1, -0.05) is 13.8 Å². The van der Waals surface area contributed by atoms with E-state index in [1.54, 1.807) is 32.2 Å². The molecule has 5 aromatic heterocycles. The maximum atomic E-state index is 15.6. The number of fused-ring (bicyclic) bond motifs is 2. The molecule has 0 fully saturated rings. The summed E-state index contributed by atoms with van der Waals surface area (Å²) in [6, 6.07) is 5.22. The molecule has 0 saturated heterocycles. The number of pyridine rings is 3. The van der Waals surface area contributed by atoms with Crippen molar-refractivity contribution in [2.75, 3.05) is 5.32 Å². The van der Waals surface area contributed by atoms with Gasteiger partial charge in [-0.15, -0.1) is 0 Å². The summed E-state index contributed by atoms with van der Waals surface area (Å²) in [6.45, 7) is 3.57. The Morgan fingerprint density at radius 2 is 2.03 bits per heavy atom. The van der Waals surface area contributed by atoms with Crippen LogP contribution in [0.5, 0.6) is 0 Å². The summed E-state index contributed by atoms with van der Waals surface area (Å²) in [5, 5.41) is 10.0. The Balaban J connectivity index is 1.61. The summed E-state index contributed by atoms with van der Waals surface area (Å²) in [5.74, 6) is -0.518. The second kappa shape index (κ2) is 7.24. The molecule has 5 heterocycles. The molecule has 0 saturated carbocycles. The van der Waals surface area contributed by atoms with Gasteiger partial charge >= 0.3 is 0 Å². The van der Waals surface area contributed by atoms with Gasteiger partial charge in [0.05, 0.1) is 29.0 Å². The van der Waals surface area contributed by atoms with Crippen molar-refractivity contribution in [3.63, 3.8) is 0 Å². The van der Waals surface area contributed by atoms with Crippen LogP contribution in [0.2, 0.25) is 0 Å². The number of imidazole rings is 1. The number of amides is 1. The molecule has 10 heteroatoms. The largest absolute Gasteiger partial charge is 0.324 e. The lowest BCUT2D eigenvalue weighted by Crippen LogP contribution is -2.17. The van der Waals surface area contributed by atoms with Crippen molar-refractivity contribution >= 4 is 33.7 Å². The van der Waals surface area contributed by atoms with Crippen molar-refractivity contribution in [3.05, 3.63) is 48.8 Å². The lowest BCUT2D eigenvalue weighted by Gasteiger charge is -2.09. The quantitative estimate of drug-likeness (QED) is 0.410. The van der Waals surface area contributed by atoms with E-state index < -0.39 is 5.82 Å². The SMILES string of the molecule is CC(C)C(=O)Nc1cncc(-c2ncc3[nH]nc(-c4nc5cccnc5[nH]4)c3c2F)c1. The number of carbonyl (C=O) groups is 1. The lowest BCUT2D eigenvalue weighted by atomic mass is 10.1. The number of nitrogens with one attached hydrogen (secondary N) is 3. The van der Waals surface area contributed by atoms with Crippen molar-refractivity contribution in [2.24, 2.45) is 5.92 Å². The number of carbonyl (C=O) groups excluding carboxylic acids is 1. The second-order valence-corrected chi connectivity index (χ2v) is 7.34. The van der Waals surface area contributed by atoms with Crippen LogP contribution >= 0.6 is 0 Å². The predicted molar refractivity (Wildman–Crippen MR) is 113 cm³/mol. The maximum absolute atomic E-state index is 15.6. The van der Waals surface area contributed by atoms with Crippen molar-refractivity contribution in [3.8, 4) is 22.8 Å². The highest BCUT2D eigenvalue weighted by molar-refractivity contribution is 5.95. The van der Waals surface area contributed by atoms with E-state index in [1.165, 1.54) is 18.6 Å². The standard InChI is InChI=1S/C21H17FN8O/c1-10(2)21(31)26-12-6-11(7-23-8-12)17-16(22)15-14(9-25-17)29-30-18(15)20-27-13-4-3-5-24-19(13)28-20/h3-10H,1-2H3,(H,26,31)(H,29,30)(H,24,27,28). The van der Waals surface area contributed by atoms with Gasteiger partial charge in [-0.3, -0.25) is 19.9 Å². The molecule has 1 amide bonds. The van der Waals surface area contributed by atoms with Crippen LogP contribution in [-0.2, 0) is 4.79 Å². The van der Waals surface area contributed by atoms with E-state index in [2.05, 4.69) is 40.4 Å². The monoisotopic (exact) mass is 416 g/mol. The molecule has 31 heavy (non-hydrogen) atoms. The van der Waals surface area contributed by atoms with E-state index in [4.69, 9.17) is 0 Å². The number of nitrogens with zero attached hydrogens (tertiary/aromatic N) is 5. The summed E-state index contributed by atoms with van der Waals surface area (Å²) in [7, 11) is 0. The number of hydrogen-bond donors (Lipinski definition) is 3. The topological polar surface area (TPSA) is 125 Å². The minimum atomic E-state index is -0.566. The fourth-order valence-corrected chi connectivity index (χ4v) is 3.23. The van der Waals surface area contributed by atoms with Gasteiger partial charge in [0.1, 0.15) is 16.9 Å². The average molecular weight is 416 g/mol. The molecule has 0 aliphatic rings. The first-order valence-electron chi connectivity index (χ1n) is 9.61. The second-order valence-electron chi connectivity index (χ2n) is 7.34. The average Bonchev–Trinajstić information content (AvgIpc) is 3.38. The number of anilines is 1. The molecule has 9 nitrogen and oxygen atoms in total. The van der Waals surface area contributed by atoms with E-state index in [9.17, 15) is 4.79 Å². The zero-order chi connectivity index (χ0) is 21.5. The predicted octanol–water partition coefficient (Wildman–Crippen LogP) is 3.69. The number of halogens is 1. The Kier molecular flexibility index (Phi) is 4.39. The molecular weight excluding hydrogens is 399 g/mol. The number of H-pyrrole nitrogens is 2. The fourth-order valence-electron chi connectivity index (χ4n) is 3.23. The zero-order valence-corrected chi connectivity index (χ0v) is 16.6. The number of rotatable bonds is 4. The molecule has 0 atom stereocenters. The molecule has 0 aromatic carbocycles. The third-order valence-electron chi connectivity index (χ3n) is 4.83. The highest BCUT2D eigenvalue weighted by Crippen LogP contribution is 2.32. The van der Waals surface area contributed by atoms with Crippen LogP contribution in [0.4, 0.5) is 10.1 Å². The molecule has 0 radical (unpaired) electrons. The Morgan fingerprint density at radius 1 is 1.16 bits per heavy atom. The molecule has 0 bridgehead atoms. The third kappa shape index (κ3) is 3.27. The highest BCUT2D eigenvalue weighted by Gasteiger charge is 2.21. The van der Waals surface area contributed by atoms with Gasteiger partial charge in [0.2, 0.25) is 5.91 Å². The molecule has 154 valence electrons. The lowest BCUT2D eigenvalue weighted by molar-refractivity contribution is -0.118. The highest BCUT2D eigenvalue weighted by atomic mass is 19.1. The number of aromatic amines is 2. The van der Waals surface area contributed by atoms with Crippen molar-refractivity contribution < 1.29 is 9.18 Å². The summed E-state index contributed by atoms with van der Waals surface area (Å²) in [6.07, 6.45) is 6.15. The van der Waals surface area contributed by atoms with Crippen LogP contribution in [0.25, 0.3) is 44.8 Å². The van der Waals surface area contributed by atoms with Gasteiger partial charge in [-0.05, 0) is 18.2 Å². The van der Waals surface area contributed by atoms with E-state index in [0.29, 0.717) is 39.4 Å². The first kappa shape index (κ1) is 18.8. The number of aromatic nitrogens is 7. The minimum absolute atomic E-state index is 0.0949. The molecule has 5 rings (SSSR count). The summed E-state index contributed by atoms with van der Waals surface area (Å²) in [4.78, 5) is 32.1. The van der Waals surface area contributed by atoms with E-state index in [0.717, 1.165) is 0 Å². The van der Waals surface area contributed by atoms with Crippen LogP contribution in [0.15, 0.2) is 43.0 Å². The third-order valence-corrected chi connectivity index (χ3v) is 4.83. The van der Waals surface area contributed by atoms with Crippen molar-refractivity contribution in [1.82, 2.24) is 35.1 Å². The summed E-state index contributed by atoms with van der Waals surface area (Å²) in [5.41, 5.74) is 2.99. The van der Waals surface area contributed by atoms with Crippen molar-refractivity contribution in [2.45, 2.75) is 13.8 Å². The van der Waals surface area contributed by atoms with E-state index in [-0.39, 0.29) is 22.9 Å². The maximum Gasteiger partial charge on any atom is 0.226 e. The Morgan fingerprint density at radius 3 is 2.84 bits per heavy atom. The Hall–Kier alpha value is -4.21. The van der Waals surface area contributed by atoms with Gasteiger partial charge < -0.3 is 10.3 Å². The van der Waals surface area contributed by atoms with Gasteiger partial charge in [0, 0.05) is 23.9 Å². The minimum Gasteiger partial charge on any atom is -0.324 e.